The van der Waals surface area contributed by atoms with Gasteiger partial charge in [-0.3, -0.25) is 4.79 Å². The lowest BCUT2D eigenvalue weighted by Gasteiger charge is -2.28. The largest absolute Gasteiger partial charge is 0.378 e. The SMILES string of the molecule is O=C(C(O)c1ccccc1)N(CC1CCCN1)C1CC1. The number of carbonyl (C=O) groups is 1. The maximum Gasteiger partial charge on any atom is 0.256 e. The first-order chi connectivity index (χ1) is 9.75. The first kappa shape index (κ1) is 13.6. The van der Waals surface area contributed by atoms with E-state index in [4.69, 9.17) is 0 Å². The van der Waals surface area contributed by atoms with Crippen LogP contribution in [0, 0.1) is 0 Å². The van der Waals surface area contributed by atoms with E-state index in [2.05, 4.69) is 5.32 Å². The Hall–Kier alpha value is -1.39. The summed E-state index contributed by atoms with van der Waals surface area (Å²) in [6.45, 7) is 1.77. The van der Waals surface area contributed by atoms with Gasteiger partial charge in [0, 0.05) is 18.6 Å². The molecule has 2 unspecified atom stereocenters. The third-order valence-corrected chi connectivity index (χ3v) is 4.20. The van der Waals surface area contributed by atoms with Gasteiger partial charge in [-0.05, 0) is 37.8 Å². The molecular weight excluding hydrogens is 252 g/mol. The highest BCUT2D eigenvalue weighted by atomic mass is 16.3. The summed E-state index contributed by atoms with van der Waals surface area (Å²) in [5, 5.41) is 13.7. The molecule has 108 valence electrons. The number of amides is 1. The van der Waals surface area contributed by atoms with E-state index in [0.717, 1.165) is 32.4 Å². The monoisotopic (exact) mass is 274 g/mol. The number of benzene rings is 1. The number of nitrogens with one attached hydrogen (secondary N) is 1. The van der Waals surface area contributed by atoms with Crippen molar-refractivity contribution in [2.75, 3.05) is 13.1 Å². The Labute approximate surface area is 119 Å². The molecule has 2 fully saturated rings. The van der Waals surface area contributed by atoms with Crippen molar-refractivity contribution < 1.29 is 9.90 Å². The summed E-state index contributed by atoms with van der Waals surface area (Å²) in [5.41, 5.74) is 0.683. The topological polar surface area (TPSA) is 52.6 Å². The molecule has 4 heteroatoms. The van der Waals surface area contributed by atoms with Crippen LogP contribution in [0.1, 0.15) is 37.4 Å². The molecule has 1 aliphatic heterocycles. The zero-order valence-corrected chi connectivity index (χ0v) is 11.7. The number of rotatable bonds is 5. The van der Waals surface area contributed by atoms with E-state index in [0.29, 0.717) is 17.6 Å². The molecule has 1 saturated heterocycles. The number of hydrogen-bond acceptors (Lipinski definition) is 3. The Morgan fingerprint density at radius 1 is 1.30 bits per heavy atom. The van der Waals surface area contributed by atoms with Crippen LogP contribution in [-0.2, 0) is 4.79 Å². The van der Waals surface area contributed by atoms with Gasteiger partial charge < -0.3 is 15.3 Å². The van der Waals surface area contributed by atoms with Gasteiger partial charge in [-0.15, -0.1) is 0 Å². The zero-order valence-electron chi connectivity index (χ0n) is 11.7. The fraction of sp³-hybridized carbons (Fsp3) is 0.562. The number of aliphatic hydroxyl groups excluding tert-OH is 1. The van der Waals surface area contributed by atoms with Crippen LogP contribution in [0.5, 0.6) is 0 Å². The molecule has 0 bridgehead atoms. The minimum atomic E-state index is -1.03. The highest BCUT2D eigenvalue weighted by Gasteiger charge is 2.37. The Kier molecular flexibility index (Phi) is 4.03. The molecule has 0 spiro atoms. The minimum absolute atomic E-state index is 0.146. The fourth-order valence-electron chi connectivity index (χ4n) is 2.89. The van der Waals surface area contributed by atoms with E-state index < -0.39 is 6.10 Å². The predicted molar refractivity (Wildman–Crippen MR) is 77.2 cm³/mol. The molecule has 1 aliphatic carbocycles. The summed E-state index contributed by atoms with van der Waals surface area (Å²) in [6, 6.07) is 9.94. The first-order valence-electron chi connectivity index (χ1n) is 7.52. The maximum absolute atomic E-state index is 12.6. The molecular formula is C16H22N2O2. The summed E-state index contributed by atoms with van der Waals surface area (Å²) in [7, 11) is 0. The lowest BCUT2D eigenvalue weighted by molar-refractivity contribution is -0.141. The Morgan fingerprint density at radius 3 is 2.65 bits per heavy atom. The first-order valence-corrected chi connectivity index (χ1v) is 7.52. The average Bonchev–Trinajstić information content (AvgIpc) is 3.21. The highest BCUT2D eigenvalue weighted by molar-refractivity contribution is 5.82. The van der Waals surface area contributed by atoms with E-state index in [1.807, 2.05) is 35.2 Å². The molecule has 1 saturated carbocycles. The summed E-state index contributed by atoms with van der Waals surface area (Å²) in [5.74, 6) is -0.146. The van der Waals surface area contributed by atoms with E-state index in [9.17, 15) is 9.90 Å². The summed E-state index contributed by atoms with van der Waals surface area (Å²) < 4.78 is 0. The van der Waals surface area contributed by atoms with E-state index in [1.165, 1.54) is 6.42 Å². The van der Waals surface area contributed by atoms with Crippen molar-refractivity contribution in [3.63, 3.8) is 0 Å². The molecule has 1 aromatic carbocycles. The number of aliphatic hydroxyl groups is 1. The molecule has 1 amide bonds. The van der Waals surface area contributed by atoms with Gasteiger partial charge in [0.05, 0.1) is 0 Å². The summed E-state index contributed by atoms with van der Waals surface area (Å²) in [4.78, 5) is 14.5. The second-order valence-electron chi connectivity index (χ2n) is 5.83. The molecule has 2 aliphatic rings. The van der Waals surface area contributed by atoms with Gasteiger partial charge in [0.1, 0.15) is 0 Å². The van der Waals surface area contributed by atoms with Crippen molar-refractivity contribution in [2.24, 2.45) is 0 Å². The third-order valence-electron chi connectivity index (χ3n) is 4.20. The number of carbonyl (C=O) groups excluding carboxylic acids is 1. The second kappa shape index (κ2) is 5.94. The minimum Gasteiger partial charge on any atom is -0.378 e. The smallest absolute Gasteiger partial charge is 0.256 e. The van der Waals surface area contributed by atoms with Crippen LogP contribution in [-0.4, -0.2) is 41.1 Å². The van der Waals surface area contributed by atoms with Gasteiger partial charge in [-0.2, -0.15) is 0 Å². The van der Waals surface area contributed by atoms with E-state index >= 15 is 0 Å². The predicted octanol–water partition coefficient (Wildman–Crippen LogP) is 1.46. The normalized spacial score (nSPS) is 23.6. The van der Waals surface area contributed by atoms with Crippen LogP contribution in [0.25, 0.3) is 0 Å². The van der Waals surface area contributed by atoms with Crippen LogP contribution < -0.4 is 5.32 Å². The second-order valence-corrected chi connectivity index (χ2v) is 5.83. The van der Waals surface area contributed by atoms with E-state index in [1.54, 1.807) is 0 Å². The van der Waals surface area contributed by atoms with E-state index in [-0.39, 0.29) is 5.91 Å². The molecule has 1 aromatic rings. The number of hydrogen-bond donors (Lipinski definition) is 2. The van der Waals surface area contributed by atoms with Gasteiger partial charge in [-0.1, -0.05) is 30.3 Å². The molecule has 20 heavy (non-hydrogen) atoms. The highest BCUT2D eigenvalue weighted by Crippen LogP contribution is 2.30. The number of nitrogens with zero attached hydrogens (tertiary/aromatic N) is 1. The molecule has 2 N–H and O–H groups in total. The average molecular weight is 274 g/mol. The van der Waals surface area contributed by atoms with Gasteiger partial charge in [0.2, 0.25) is 0 Å². The van der Waals surface area contributed by atoms with Crippen LogP contribution in [0.2, 0.25) is 0 Å². The Morgan fingerprint density at radius 2 is 2.05 bits per heavy atom. The molecule has 1 heterocycles. The lowest BCUT2D eigenvalue weighted by Crippen LogP contribution is -2.44. The van der Waals surface area contributed by atoms with Gasteiger partial charge >= 0.3 is 0 Å². The molecule has 4 nitrogen and oxygen atoms in total. The van der Waals surface area contributed by atoms with Gasteiger partial charge in [-0.25, -0.2) is 0 Å². The molecule has 0 aromatic heterocycles. The van der Waals surface area contributed by atoms with Gasteiger partial charge in [0.15, 0.2) is 6.10 Å². The van der Waals surface area contributed by atoms with Crippen LogP contribution in [0.15, 0.2) is 30.3 Å². The molecule has 2 atom stereocenters. The summed E-state index contributed by atoms with van der Waals surface area (Å²) in [6.07, 6.45) is 3.41. The van der Waals surface area contributed by atoms with Gasteiger partial charge in [0.25, 0.3) is 5.91 Å². The van der Waals surface area contributed by atoms with Crippen molar-refractivity contribution in [1.29, 1.82) is 0 Å². The third kappa shape index (κ3) is 3.02. The lowest BCUT2D eigenvalue weighted by atomic mass is 10.1. The van der Waals surface area contributed by atoms with Crippen molar-refractivity contribution >= 4 is 5.91 Å². The fourth-order valence-corrected chi connectivity index (χ4v) is 2.89. The summed E-state index contributed by atoms with van der Waals surface area (Å²) >= 11 is 0. The van der Waals surface area contributed by atoms with Crippen molar-refractivity contribution in [3.8, 4) is 0 Å². The van der Waals surface area contributed by atoms with Crippen molar-refractivity contribution in [3.05, 3.63) is 35.9 Å². The standard InChI is InChI=1S/C16H22N2O2/c19-15(12-5-2-1-3-6-12)16(20)18(14-8-9-14)11-13-7-4-10-17-13/h1-3,5-6,13-15,17,19H,4,7-11H2. The molecule has 0 radical (unpaired) electrons. The Bertz CT molecular complexity index is 453. The zero-order chi connectivity index (χ0) is 13.9. The van der Waals surface area contributed by atoms with Crippen LogP contribution in [0.4, 0.5) is 0 Å². The molecule has 3 rings (SSSR count). The van der Waals surface area contributed by atoms with Crippen LogP contribution in [0.3, 0.4) is 0 Å². The Balaban J connectivity index is 1.68. The van der Waals surface area contributed by atoms with Crippen molar-refractivity contribution in [2.45, 2.75) is 43.9 Å². The quantitative estimate of drug-likeness (QED) is 0.855. The van der Waals surface area contributed by atoms with Crippen molar-refractivity contribution in [1.82, 2.24) is 10.2 Å². The van der Waals surface area contributed by atoms with Crippen LogP contribution >= 0.6 is 0 Å². The maximum atomic E-state index is 12.6.